The Bertz CT molecular complexity index is 692. The van der Waals surface area contributed by atoms with Crippen LogP contribution in [0.2, 0.25) is 0 Å². The first-order chi connectivity index (χ1) is 12.3. The molecule has 0 saturated carbocycles. The number of nitrogens with zero attached hydrogens (tertiary/aromatic N) is 2. The number of piperazine rings is 1. The fourth-order valence-corrected chi connectivity index (χ4v) is 4.42. The van der Waals surface area contributed by atoms with Gasteiger partial charge in [-0.25, -0.2) is 0 Å². The van der Waals surface area contributed by atoms with Gasteiger partial charge in [-0.2, -0.15) is 0 Å². The van der Waals surface area contributed by atoms with E-state index in [1.165, 1.54) is 10.4 Å². The second kappa shape index (κ2) is 7.74. The summed E-state index contributed by atoms with van der Waals surface area (Å²) in [4.78, 5) is 6.36. The molecule has 1 N–H and O–H groups in total. The Morgan fingerprint density at radius 2 is 2.08 bits per heavy atom. The van der Waals surface area contributed by atoms with Crippen molar-refractivity contribution in [2.45, 2.75) is 25.6 Å². The predicted octanol–water partition coefficient (Wildman–Crippen LogP) is 2.55. The third kappa shape index (κ3) is 3.82. The van der Waals surface area contributed by atoms with E-state index in [2.05, 4.69) is 33.4 Å². The molecule has 4 rings (SSSR count). The lowest BCUT2D eigenvalue weighted by Crippen LogP contribution is -2.52. The quantitative estimate of drug-likeness (QED) is 0.858. The van der Waals surface area contributed by atoms with E-state index in [0.717, 1.165) is 50.6 Å². The van der Waals surface area contributed by atoms with Crippen molar-refractivity contribution < 1.29 is 14.6 Å². The molecule has 3 heterocycles. The minimum Gasteiger partial charge on any atom is -0.454 e. The van der Waals surface area contributed by atoms with E-state index in [1.54, 1.807) is 11.3 Å². The predicted molar refractivity (Wildman–Crippen MR) is 98.1 cm³/mol. The van der Waals surface area contributed by atoms with Gasteiger partial charge in [0.1, 0.15) is 0 Å². The highest BCUT2D eigenvalue weighted by atomic mass is 32.1. The summed E-state index contributed by atoms with van der Waals surface area (Å²) in [5.41, 5.74) is 1.18. The molecule has 0 radical (unpaired) electrons. The molecule has 0 unspecified atom stereocenters. The van der Waals surface area contributed by atoms with Crippen LogP contribution in [0.1, 0.15) is 16.9 Å². The molecule has 0 aliphatic carbocycles. The molecular weight excluding hydrogens is 336 g/mol. The number of ether oxygens (including phenoxy) is 2. The number of para-hydroxylation sites is 1. The number of rotatable bonds is 6. The van der Waals surface area contributed by atoms with Gasteiger partial charge in [-0.1, -0.05) is 18.2 Å². The second-order valence-electron chi connectivity index (χ2n) is 6.60. The van der Waals surface area contributed by atoms with Gasteiger partial charge in [0, 0.05) is 55.8 Å². The summed E-state index contributed by atoms with van der Waals surface area (Å²) in [7, 11) is 0. The minimum atomic E-state index is 0.233. The zero-order valence-electron chi connectivity index (χ0n) is 14.3. The van der Waals surface area contributed by atoms with Crippen molar-refractivity contribution in [1.29, 1.82) is 0 Å². The normalized spacial score (nSPS) is 20.9. The number of fused-ring (bicyclic) bond motifs is 1. The van der Waals surface area contributed by atoms with Gasteiger partial charge in [-0.05, 0) is 23.9 Å². The maximum absolute atomic E-state index is 9.49. The molecule has 2 aromatic rings. The van der Waals surface area contributed by atoms with Gasteiger partial charge in [0.2, 0.25) is 6.79 Å². The standard InChI is InChI=1S/C19H24N2O3S/c22-9-6-16-12-20(7-8-21(16)13-17-4-2-10-25-17)11-15-3-1-5-18-19(15)24-14-23-18/h1-5,10,16,22H,6-9,11-14H2/t16-/m0/s1. The highest BCUT2D eigenvalue weighted by Crippen LogP contribution is 2.36. The molecule has 5 nitrogen and oxygen atoms in total. The van der Waals surface area contributed by atoms with Crippen LogP contribution in [-0.2, 0) is 13.1 Å². The van der Waals surface area contributed by atoms with Crippen molar-refractivity contribution >= 4 is 11.3 Å². The van der Waals surface area contributed by atoms with Crippen molar-refractivity contribution in [3.8, 4) is 11.5 Å². The summed E-state index contributed by atoms with van der Waals surface area (Å²) in [6, 6.07) is 10.8. The van der Waals surface area contributed by atoms with Crippen LogP contribution < -0.4 is 9.47 Å². The average Bonchev–Trinajstić information content (AvgIpc) is 3.29. The summed E-state index contributed by atoms with van der Waals surface area (Å²) in [5, 5.41) is 11.6. The van der Waals surface area contributed by atoms with E-state index in [9.17, 15) is 5.11 Å². The first-order valence-electron chi connectivity index (χ1n) is 8.80. The zero-order chi connectivity index (χ0) is 17.1. The molecule has 1 atom stereocenters. The van der Waals surface area contributed by atoms with Crippen molar-refractivity contribution in [3.05, 3.63) is 46.2 Å². The maximum Gasteiger partial charge on any atom is 0.231 e. The van der Waals surface area contributed by atoms with Gasteiger partial charge in [-0.3, -0.25) is 9.80 Å². The molecule has 1 aromatic carbocycles. The first kappa shape index (κ1) is 16.8. The Kier molecular flexibility index (Phi) is 5.22. The number of aliphatic hydroxyl groups is 1. The summed E-state index contributed by atoms with van der Waals surface area (Å²) >= 11 is 1.81. The fraction of sp³-hybridized carbons (Fsp3) is 0.474. The van der Waals surface area contributed by atoms with Crippen LogP contribution >= 0.6 is 11.3 Å². The Labute approximate surface area is 152 Å². The molecule has 1 aromatic heterocycles. The molecule has 1 saturated heterocycles. The van der Waals surface area contributed by atoms with Gasteiger partial charge >= 0.3 is 0 Å². The van der Waals surface area contributed by atoms with E-state index in [1.807, 2.05) is 12.1 Å². The van der Waals surface area contributed by atoms with E-state index in [0.29, 0.717) is 12.8 Å². The van der Waals surface area contributed by atoms with E-state index >= 15 is 0 Å². The lowest BCUT2D eigenvalue weighted by atomic mass is 10.1. The summed E-state index contributed by atoms with van der Waals surface area (Å²) in [6.45, 7) is 5.41. The zero-order valence-corrected chi connectivity index (χ0v) is 15.1. The minimum absolute atomic E-state index is 0.233. The van der Waals surface area contributed by atoms with E-state index in [4.69, 9.17) is 9.47 Å². The monoisotopic (exact) mass is 360 g/mol. The van der Waals surface area contributed by atoms with Crippen LogP contribution in [0, 0.1) is 0 Å². The smallest absolute Gasteiger partial charge is 0.231 e. The first-order valence-corrected chi connectivity index (χ1v) is 9.68. The van der Waals surface area contributed by atoms with E-state index < -0.39 is 0 Å². The largest absolute Gasteiger partial charge is 0.454 e. The number of benzene rings is 1. The van der Waals surface area contributed by atoms with Crippen molar-refractivity contribution in [3.63, 3.8) is 0 Å². The van der Waals surface area contributed by atoms with Crippen molar-refractivity contribution in [2.75, 3.05) is 33.0 Å². The lowest BCUT2D eigenvalue weighted by Gasteiger charge is -2.41. The number of hydrogen-bond acceptors (Lipinski definition) is 6. The van der Waals surface area contributed by atoms with Gasteiger partial charge in [-0.15, -0.1) is 11.3 Å². The van der Waals surface area contributed by atoms with Gasteiger partial charge in [0.15, 0.2) is 11.5 Å². The molecule has 2 aliphatic rings. The second-order valence-corrected chi connectivity index (χ2v) is 7.63. The summed E-state index contributed by atoms with van der Waals surface area (Å²) < 4.78 is 11.1. The lowest BCUT2D eigenvalue weighted by molar-refractivity contribution is 0.0502. The molecule has 6 heteroatoms. The topological polar surface area (TPSA) is 45.2 Å². The Morgan fingerprint density at radius 1 is 1.12 bits per heavy atom. The average molecular weight is 360 g/mol. The van der Waals surface area contributed by atoms with E-state index in [-0.39, 0.29) is 6.61 Å². The molecule has 0 amide bonds. The number of aliphatic hydroxyl groups excluding tert-OH is 1. The number of thiophene rings is 1. The molecular formula is C19H24N2O3S. The highest BCUT2D eigenvalue weighted by Gasteiger charge is 2.28. The SMILES string of the molecule is OCC[C@H]1CN(Cc2cccc3c2OCO3)CCN1Cc1cccs1. The molecule has 2 aliphatic heterocycles. The van der Waals surface area contributed by atoms with Gasteiger partial charge < -0.3 is 14.6 Å². The molecule has 25 heavy (non-hydrogen) atoms. The van der Waals surface area contributed by atoms with Gasteiger partial charge in [0.05, 0.1) is 0 Å². The Morgan fingerprint density at radius 3 is 2.92 bits per heavy atom. The Hall–Kier alpha value is -1.60. The highest BCUT2D eigenvalue weighted by molar-refractivity contribution is 7.09. The van der Waals surface area contributed by atoms with Crippen LogP contribution in [0.15, 0.2) is 35.7 Å². The summed E-state index contributed by atoms with van der Waals surface area (Å²) in [5.74, 6) is 1.74. The summed E-state index contributed by atoms with van der Waals surface area (Å²) in [6.07, 6.45) is 0.814. The number of hydrogen-bond donors (Lipinski definition) is 1. The van der Waals surface area contributed by atoms with Gasteiger partial charge in [0.25, 0.3) is 0 Å². The molecule has 0 spiro atoms. The van der Waals surface area contributed by atoms with Crippen molar-refractivity contribution in [1.82, 2.24) is 9.80 Å². The van der Waals surface area contributed by atoms with Crippen LogP contribution in [0.3, 0.4) is 0 Å². The third-order valence-corrected chi connectivity index (χ3v) is 5.82. The molecule has 134 valence electrons. The molecule has 0 bridgehead atoms. The van der Waals surface area contributed by atoms with Crippen LogP contribution in [0.25, 0.3) is 0 Å². The fourth-order valence-electron chi connectivity index (χ4n) is 3.69. The third-order valence-electron chi connectivity index (χ3n) is 4.96. The van der Waals surface area contributed by atoms with Crippen LogP contribution in [0.5, 0.6) is 11.5 Å². The Balaban J connectivity index is 1.42. The maximum atomic E-state index is 9.49. The molecule has 1 fully saturated rings. The van der Waals surface area contributed by atoms with Crippen LogP contribution in [0.4, 0.5) is 0 Å². The van der Waals surface area contributed by atoms with Crippen LogP contribution in [-0.4, -0.2) is 54.0 Å². The van der Waals surface area contributed by atoms with Crippen molar-refractivity contribution in [2.24, 2.45) is 0 Å².